The molecule has 0 aromatic carbocycles. The molecule has 139 valence electrons. The topological polar surface area (TPSA) is 192 Å². The zero-order valence-electron chi connectivity index (χ0n) is 13.0. The van der Waals surface area contributed by atoms with Gasteiger partial charge < -0.3 is 30.2 Å². The molecule has 0 bridgehead atoms. The Balaban J connectivity index is 0.00000243. The number of nitrogens with two attached hydrogens (primary N) is 1. The normalized spacial score (nSPS) is 25.8. The van der Waals surface area contributed by atoms with Gasteiger partial charge in [-0.25, -0.2) is 15.0 Å². The van der Waals surface area contributed by atoms with Crippen LogP contribution in [0.2, 0.25) is 0 Å². The number of fused-ring (bicyclic) bond motifs is 1. The van der Waals surface area contributed by atoms with Crippen molar-refractivity contribution < 1.29 is 65.1 Å². The smallest absolute Gasteiger partial charge is 0.331 e. The van der Waals surface area contributed by atoms with Crippen LogP contribution in [-0.4, -0.2) is 69.5 Å². The first-order valence-electron chi connectivity index (χ1n) is 6.82. The SMILES string of the molecule is Nc1ncnc2c1ncn2[C@@H]1O[C@H](COS(=O)(=O)N[C-]=O)[C@@H](O)[C@H]1O.[Y]. The Kier molecular flexibility index (Phi) is 6.60. The number of aliphatic hydroxyl groups excluding tert-OH is 2. The summed E-state index contributed by atoms with van der Waals surface area (Å²) in [5.74, 6) is 0.124. The summed E-state index contributed by atoms with van der Waals surface area (Å²) in [6.45, 7) is -0.643. The van der Waals surface area contributed by atoms with Crippen LogP contribution >= 0.6 is 0 Å². The molecule has 26 heavy (non-hydrogen) atoms. The fraction of sp³-hybridized carbons (Fsp3) is 0.455. The Bertz CT molecular complexity index is 892. The number of ether oxygens (including phenoxy) is 1. The molecule has 0 unspecified atom stereocenters. The predicted octanol–water partition coefficient (Wildman–Crippen LogP) is -3.06. The van der Waals surface area contributed by atoms with Gasteiger partial charge in [-0.15, -0.1) is 6.41 Å². The number of aromatic nitrogens is 4. The summed E-state index contributed by atoms with van der Waals surface area (Å²) in [5.41, 5.74) is 6.21. The third kappa shape index (κ3) is 4.00. The first-order chi connectivity index (χ1) is 11.8. The van der Waals surface area contributed by atoms with Gasteiger partial charge in [0, 0.05) is 32.7 Å². The molecule has 0 spiro atoms. The van der Waals surface area contributed by atoms with Crippen molar-refractivity contribution in [3.05, 3.63) is 12.7 Å². The van der Waals surface area contributed by atoms with Crippen molar-refractivity contribution in [3.63, 3.8) is 0 Å². The van der Waals surface area contributed by atoms with Crippen LogP contribution in [-0.2, 0) is 56.7 Å². The van der Waals surface area contributed by atoms with Crippen LogP contribution in [0.1, 0.15) is 6.23 Å². The van der Waals surface area contributed by atoms with Gasteiger partial charge in [0.2, 0.25) is 0 Å². The number of nitrogens with zero attached hydrogens (tertiary/aromatic N) is 4. The van der Waals surface area contributed by atoms with Crippen molar-refractivity contribution in [3.8, 4) is 0 Å². The fourth-order valence-electron chi connectivity index (χ4n) is 2.39. The van der Waals surface area contributed by atoms with Gasteiger partial charge in [-0.1, -0.05) is 0 Å². The molecule has 2 aromatic heterocycles. The second kappa shape index (κ2) is 8.16. The first kappa shape index (κ1) is 21.0. The maximum Gasteiger partial charge on any atom is 0.331 e. The number of nitrogen functional groups attached to an aromatic ring is 1. The van der Waals surface area contributed by atoms with Crippen LogP contribution < -0.4 is 10.5 Å². The summed E-state index contributed by atoms with van der Waals surface area (Å²) in [4.78, 5) is 21.8. The van der Waals surface area contributed by atoms with E-state index in [9.17, 15) is 23.4 Å². The number of hydrogen-bond donors (Lipinski definition) is 4. The van der Waals surface area contributed by atoms with Gasteiger partial charge in [0.25, 0.3) is 0 Å². The van der Waals surface area contributed by atoms with Crippen molar-refractivity contribution in [2.45, 2.75) is 24.5 Å². The number of hydrogen-bond acceptors (Lipinski definition) is 11. The van der Waals surface area contributed by atoms with Gasteiger partial charge in [0.15, 0.2) is 17.7 Å². The van der Waals surface area contributed by atoms with E-state index >= 15 is 0 Å². The molecule has 15 heteroatoms. The van der Waals surface area contributed by atoms with E-state index in [1.165, 1.54) is 21.9 Å². The third-order valence-electron chi connectivity index (χ3n) is 3.55. The van der Waals surface area contributed by atoms with Crippen LogP contribution in [0, 0.1) is 0 Å². The quantitative estimate of drug-likeness (QED) is 0.252. The zero-order valence-corrected chi connectivity index (χ0v) is 16.6. The van der Waals surface area contributed by atoms with Gasteiger partial charge in [-0.05, 0) is 0 Å². The van der Waals surface area contributed by atoms with Crippen LogP contribution in [0.3, 0.4) is 0 Å². The molecular weight excluding hydrogens is 449 g/mol. The van der Waals surface area contributed by atoms with Gasteiger partial charge in [-0.3, -0.25) is 8.75 Å². The molecule has 1 aliphatic heterocycles. The van der Waals surface area contributed by atoms with Crippen molar-refractivity contribution >= 4 is 33.7 Å². The Hall–Kier alpha value is -1.29. The summed E-state index contributed by atoms with van der Waals surface area (Å²) < 4.78 is 35.1. The van der Waals surface area contributed by atoms with Crippen molar-refractivity contribution in [2.75, 3.05) is 12.3 Å². The summed E-state index contributed by atoms with van der Waals surface area (Å²) in [5, 5.41) is 20.2. The Morgan fingerprint density at radius 2 is 2.08 bits per heavy atom. The van der Waals surface area contributed by atoms with Crippen molar-refractivity contribution in [1.82, 2.24) is 24.2 Å². The molecule has 1 aliphatic rings. The first-order valence-corrected chi connectivity index (χ1v) is 8.23. The summed E-state index contributed by atoms with van der Waals surface area (Å²) in [6.07, 6.45) is -1.75. The van der Waals surface area contributed by atoms with E-state index in [1.807, 2.05) is 0 Å². The Labute approximate surface area is 172 Å². The van der Waals surface area contributed by atoms with E-state index in [0.29, 0.717) is 0 Å². The minimum atomic E-state index is -4.37. The number of imidazole rings is 1. The van der Waals surface area contributed by atoms with E-state index < -0.39 is 41.5 Å². The number of anilines is 1. The van der Waals surface area contributed by atoms with Crippen LogP contribution in [0.4, 0.5) is 5.82 Å². The summed E-state index contributed by atoms with van der Waals surface area (Å²) >= 11 is 0. The molecule has 2 aromatic rings. The van der Waals surface area contributed by atoms with E-state index in [-0.39, 0.29) is 49.7 Å². The van der Waals surface area contributed by atoms with Crippen LogP contribution in [0.15, 0.2) is 12.7 Å². The predicted molar refractivity (Wildman–Crippen MR) is 79.4 cm³/mol. The van der Waals surface area contributed by atoms with Gasteiger partial charge in [0.05, 0.1) is 12.9 Å². The van der Waals surface area contributed by atoms with Gasteiger partial charge in [0.1, 0.15) is 30.2 Å². The number of nitrogens with one attached hydrogen (secondary N) is 1. The third-order valence-corrected chi connectivity index (χ3v) is 4.33. The molecule has 0 saturated carbocycles. The molecule has 1 amide bonds. The monoisotopic (exact) mass is 462 g/mol. The standard InChI is InChI=1S/C11H13N6O7S.Y/c12-9-6-10(14-2-13-9)17(3-15-6)11-8(20)7(19)5(24-11)1-23-25(21,22)16-4-18;/h2-3,5,7-8,11,19-20H,1H2,(H,16,18)(H2,12,13,14);/q-1;/t5-,7-,8-,11-;/m1./s1. The van der Waals surface area contributed by atoms with E-state index in [1.54, 1.807) is 0 Å². The van der Waals surface area contributed by atoms with Gasteiger partial charge in [-0.2, -0.15) is 8.42 Å². The molecule has 0 aliphatic carbocycles. The Morgan fingerprint density at radius 1 is 1.35 bits per heavy atom. The molecular formula is C11H13N6O7SY-. The molecule has 1 fully saturated rings. The van der Waals surface area contributed by atoms with Gasteiger partial charge >= 0.3 is 10.3 Å². The average Bonchev–Trinajstić information content (AvgIpc) is 3.10. The maximum atomic E-state index is 11.3. The summed E-state index contributed by atoms with van der Waals surface area (Å²) in [6, 6.07) is 0. The number of amides is 1. The number of aliphatic hydroxyl groups is 2. The minimum absolute atomic E-state index is 0. The van der Waals surface area contributed by atoms with E-state index in [2.05, 4.69) is 19.1 Å². The van der Waals surface area contributed by atoms with Crippen LogP contribution in [0.5, 0.6) is 0 Å². The molecule has 3 heterocycles. The molecule has 1 saturated heterocycles. The van der Waals surface area contributed by atoms with E-state index in [4.69, 9.17) is 10.5 Å². The largest absolute Gasteiger partial charge is 0.519 e. The summed E-state index contributed by atoms with van der Waals surface area (Å²) in [7, 11) is -4.37. The average molecular weight is 462 g/mol. The second-order valence-corrected chi connectivity index (χ2v) is 6.42. The molecule has 5 N–H and O–H groups in total. The number of carbonyl (C=O) groups excluding carboxylic acids is 1. The molecule has 1 radical (unpaired) electrons. The van der Waals surface area contributed by atoms with Crippen molar-refractivity contribution in [1.29, 1.82) is 0 Å². The molecule has 4 atom stereocenters. The second-order valence-electron chi connectivity index (χ2n) is 5.07. The van der Waals surface area contributed by atoms with Crippen LogP contribution in [0.25, 0.3) is 11.2 Å². The minimum Gasteiger partial charge on any atom is -0.519 e. The van der Waals surface area contributed by atoms with Crippen molar-refractivity contribution in [2.24, 2.45) is 0 Å². The fourth-order valence-corrected chi connectivity index (χ4v) is 2.86. The maximum absolute atomic E-state index is 11.3. The molecule has 3 rings (SSSR count). The number of rotatable bonds is 6. The Morgan fingerprint density at radius 3 is 2.77 bits per heavy atom. The zero-order chi connectivity index (χ0) is 18.2. The van der Waals surface area contributed by atoms with E-state index in [0.717, 1.165) is 6.41 Å². The molecule has 13 nitrogen and oxygen atoms in total.